The lowest BCUT2D eigenvalue weighted by Gasteiger charge is -2.17. The molecule has 1 rings (SSSR count). The van der Waals surface area contributed by atoms with Gasteiger partial charge in [-0.25, -0.2) is 0 Å². The zero-order valence-corrected chi connectivity index (χ0v) is 11.8. The van der Waals surface area contributed by atoms with E-state index in [2.05, 4.69) is 17.7 Å². The molecule has 1 unspecified atom stereocenters. The number of nitrogens with zero attached hydrogens (tertiary/aromatic N) is 1. The maximum absolute atomic E-state index is 11.6. The Morgan fingerprint density at radius 3 is 2.69 bits per heavy atom. The van der Waals surface area contributed by atoms with Gasteiger partial charge in [-0.15, -0.1) is 11.6 Å². The fourth-order valence-corrected chi connectivity index (χ4v) is 2.90. The predicted molar refractivity (Wildman–Crippen MR) is 72.0 cm³/mol. The van der Waals surface area contributed by atoms with Crippen LogP contribution in [0.3, 0.4) is 0 Å². The van der Waals surface area contributed by atoms with Gasteiger partial charge in [0.1, 0.15) is 0 Å². The first-order valence-corrected chi connectivity index (χ1v) is 7.22. The fraction of sp³-hybridized carbons (Fsp3) is 0.583. The summed E-state index contributed by atoms with van der Waals surface area (Å²) in [6.07, 6.45) is 2.09. The van der Waals surface area contributed by atoms with E-state index in [1.165, 1.54) is 0 Å². The number of alkyl halides is 1. The number of ketones is 1. The molecule has 0 aliphatic heterocycles. The molecule has 0 saturated heterocycles. The largest absolute Gasteiger partial charge is 0.345 e. The van der Waals surface area contributed by atoms with Crippen LogP contribution in [-0.2, 0) is 0 Å². The van der Waals surface area contributed by atoms with Gasteiger partial charge in [0.25, 0.3) is 0 Å². The highest BCUT2D eigenvalue weighted by atomic mass is 35.5. The van der Waals surface area contributed by atoms with Crippen molar-refractivity contribution in [3.8, 4) is 0 Å². The van der Waals surface area contributed by atoms with Crippen molar-refractivity contribution in [1.29, 1.82) is 0 Å². The number of aryl methyl sites for hydroxylation is 1. The van der Waals surface area contributed by atoms with Gasteiger partial charge >= 0.3 is 0 Å². The van der Waals surface area contributed by atoms with Crippen LogP contribution >= 0.6 is 23.4 Å². The Hall–Kier alpha value is -0.410. The molecule has 0 spiro atoms. The van der Waals surface area contributed by atoms with E-state index in [0.29, 0.717) is 6.04 Å². The summed E-state index contributed by atoms with van der Waals surface area (Å²) in [4.78, 5) is 11.6. The molecular weight excluding hydrogens is 242 g/mol. The topological polar surface area (TPSA) is 22.0 Å². The third-order valence-corrected chi connectivity index (χ3v) is 3.81. The van der Waals surface area contributed by atoms with E-state index < -0.39 is 0 Å². The third-order valence-electron chi connectivity index (χ3n) is 2.75. The highest BCUT2D eigenvalue weighted by Gasteiger charge is 2.17. The zero-order valence-electron chi connectivity index (χ0n) is 10.2. The molecule has 0 aliphatic carbocycles. The van der Waals surface area contributed by atoms with E-state index in [1.807, 2.05) is 31.7 Å². The first-order chi connectivity index (χ1) is 7.52. The number of carbonyl (C=O) groups is 1. The average Bonchev–Trinajstić information content (AvgIpc) is 2.53. The van der Waals surface area contributed by atoms with E-state index in [1.54, 1.807) is 0 Å². The number of halogens is 1. The first-order valence-electron chi connectivity index (χ1n) is 5.29. The Morgan fingerprint density at radius 1 is 1.56 bits per heavy atom. The summed E-state index contributed by atoms with van der Waals surface area (Å²) in [6, 6.07) is 2.35. The SMILES string of the molecule is CSCC(C)n1c(C)cc(C(=O)CCl)c1C. The van der Waals surface area contributed by atoms with Gasteiger partial charge in [-0.05, 0) is 33.1 Å². The number of hydrogen-bond donors (Lipinski definition) is 0. The van der Waals surface area contributed by atoms with Crippen LogP contribution in [0.5, 0.6) is 0 Å². The molecule has 1 atom stereocenters. The van der Waals surface area contributed by atoms with Crippen molar-refractivity contribution < 1.29 is 4.79 Å². The number of Topliss-reactive ketones (excluding diaryl/α,β-unsaturated/α-hetero) is 1. The normalized spacial score (nSPS) is 12.8. The molecule has 90 valence electrons. The third kappa shape index (κ3) is 2.64. The second-order valence-corrected chi connectivity index (χ2v) is 5.19. The van der Waals surface area contributed by atoms with E-state index in [9.17, 15) is 4.79 Å². The van der Waals surface area contributed by atoms with Gasteiger partial charge in [-0.1, -0.05) is 0 Å². The monoisotopic (exact) mass is 259 g/mol. The lowest BCUT2D eigenvalue weighted by atomic mass is 10.2. The number of hydrogen-bond acceptors (Lipinski definition) is 2. The Kier molecular flexibility index (Phi) is 4.93. The molecule has 0 N–H and O–H groups in total. The average molecular weight is 260 g/mol. The van der Waals surface area contributed by atoms with Crippen LogP contribution in [0.1, 0.15) is 34.7 Å². The Labute approximate surface area is 106 Å². The van der Waals surface area contributed by atoms with Crippen LogP contribution < -0.4 is 0 Å². The maximum atomic E-state index is 11.6. The lowest BCUT2D eigenvalue weighted by molar-refractivity contribution is 0.102. The van der Waals surface area contributed by atoms with Crippen LogP contribution in [0.2, 0.25) is 0 Å². The van der Waals surface area contributed by atoms with Gasteiger partial charge in [0, 0.05) is 28.7 Å². The maximum Gasteiger partial charge on any atom is 0.179 e. The molecule has 1 heterocycles. The smallest absolute Gasteiger partial charge is 0.179 e. The van der Waals surface area contributed by atoms with Gasteiger partial charge < -0.3 is 4.57 Å². The van der Waals surface area contributed by atoms with Gasteiger partial charge in [0.05, 0.1) is 5.88 Å². The van der Waals surface area contributed by atoms with Gasteiger partial charge in [-0.3, -0.25) is 4.79 Å². The fourth-order valence-electron chi connectivity index (χ4n) is 2.13. The quantitative estimate of drug-likeness (QED) is 0.597. The molecule has 2 nitrogen and oxygen atoms in total. The summed E-state index contributed by atoms with van der Waals surface area (Å²) in [5.41, 5.74) is 2.93. The molecule has 0 aromatic carbocycles. The molecule has 0 amide bonds. The summed E-state index contributed by atoms with van der Waals surface area (Å²) in [5, 5.41) is 0. The van der Waals surface area contributed by atoms with E-state index in [0.717, 1.165) is 22.7 Å². The lowest BCUT2D eigenvalue weighted by Crippen LogP contribution is -2.12. The number of rotatable bonds is 5. The summed E-state index contributed by atoms with van der Waals surface area (Å²) in [6.45, 7) is 6.20. The highest BCUT2D eigenvalue weighted by Crippen LogP contribution is 2.23. The van der Waals surface area contributed by atoms with Gasteiger partial charge in [0.2, 0.25) is 0 Å². The minimum absolute atomic E-state index is 0.0115. The standard InChI is InChI=1S/C12H18ClNOS/c1-8-5-11(12(15)6-13)10(3)14(8)9(2)7-16-4/h5,9H,6-7H2,1-4H3. The molecular formula is C12H18ClNOS. The minimum atomic E-state index is 0.0115. The number of carbonyl (C=O) groups excluding carboxylic acids is 1. The second-order valence-electron chi connectivity index (χ2n) is 4.02. The van der Waals surface area contributed by atoms with Crippen LogP contribution in [0, 0.1) is 13.8 Å². The van der Waals surface area contributed by atoms with Crippen LogP contribution in [0.15, 0.2) is 6.07 Å². The van der Waals surface area contributed by atoms with E-state index >= 15 is 0 Å². The minimum Gasteiger partial charge on any atom is -0.345 e. The Balaban J connectivity index is 3.11. The molecule has 0 aliphatic rings. The van der Waals surface area contributed by atoms with Crippen molar-refractivity contribution in [3.63, 3.8) is 0 Å². The van der Waals surface area contributed by atoms with Gasteiger partial charge in [0.15, 0.2) is 5.78 Å². The molecule has 1 aromatic rings. The molecule has 1 aromatic heterocycles. The molecule has 0 fully saturated rings. The van der Waals surface area contributed by atoms with Crippen molar-refractivity contribution in [2.75, 3.05) is 17.9 Å². The van der Waals surface area contributed by atoms with Crippen molar-refractivity contribution in [2.24, 2.45) is 0 Å². The molecule has 16 heavy (non-hydrogen) atoms. The van der Waals surface area contributed by atoms with E-state index in [-0.39, 0.29) is 11.7 Å². The molecule has 4 heteroatoms. The van der Waals surface area contributed by atoms with Crippen molar-refractivity contribution in [2.45, 2.75) is 26.8 Å². The molecule has 0 radical (unpaired) electrons. The summed E-state index contributed by atoms with van der Waals surface area (Å²) < 4.78 is 2.22. The number of thioether (sulfide) groups is 1. The highest BCUT2D eigenvalue weighted by molar-refractivity contribution is 7.98. The summed E-state index contributed by atoms with van der Waals surface area (Å²) in [5.74, 6) is 1.11. The van der Waals surface area contributed by atoms with Crippen LogP contribution in [0.25, 0.3) is 0 Å². The zero-order chi connectivity index (χ0) is 12.3. The van der Waals surface area contributed by atoms with Crippen LogP contribution in [-0.4, -0.2) is 28.2 Å². The predicted octanol–water partition coefficient (Wildman–Crippen LogP) is 3.45. The molecule has 0 bridgehead atoms. The van der Waals surface area contributed by atoms with Crippen molar-refractivity contribution in [1.82, 2.24) is 4.57 Å². The second kappa shape index (κ2) is 5.78. The van der Waals surface area contributed by atoms with Crippen molar-refractivity contribution in [3.05, 3.63) is 23.0 Å². The van der Waals surface area contributed by atoms with Gasteiger partial charge in [-0.2, -0.15) is 11.8 Å². The first kappa shape index (κ1) is 13.7. The Bertz CT molecular complexity index is 387. The summed E-state index contributed by atoms with van der Waals surface area (Å²) in [7, 11) is 0. The van der Waals surface area contributed by atoms with Crippen LogP contribution in [0.4, 0.5) is 0 Å². The van der Waals surface area contributed by atoms with E-state index in [4.69, 9.17) is 11.6 Å². The Morgan fingerprint density at radius 2 is 2.19 bits per heavy atom. The number of aromatic nitrogens is 1. The summed E-state index contributed by atoms with van der Waals surface area (Å²) >= 11 is 7.41. The van der Waals surface area contributed by atoms with Crippen molar-refractivity contribution >= 4 is 29.1 Å². The molecule has 0 saturated carbocycles.